The highest BCUT2D eigenvalue weighted by Crippen LogP contribution is 2.11. The Morgan fingerprint density at radius 2 is 2.28 bits per heavy atom. The predicted molar refractivity (Wildman–Crippen MR) is 70.6 cm³/mol. The Bertz CT molecular complexity index is 285. The molecular weight excluding hydrogens is 254 g/mol. The second-order valence-electron chi connectivity index (χ2n) is 4.13. The highest BCUT2D eigenvalue weighted by Gasteiger charge is 2.29. The molecule has 18 heavy (non-hydrogen) atoms. The standard InChI is InChI=1S/C12H21NO4S/c1-3-4-7-18-9-11(14)13-5-6-17-10(8-13)12(15)16-2/h10H,3-9H2,1-2H3. The third-order valence-corrected chi connectivity index (χ3v) is 3.78. The number of morpholine rings is 1. The summed E-state index contributed by atoms with van der Waals surface area (Å²) in [5.41, 5.74) is 0. The average molecular weight is 275 g/mol. The van der Waals surface area contributed by atoms with Crippen molar-refractivity contribution in [1.29, 1.82) is 0 Å². The van der Waals surface area contributed by atoms with Crippen LogP contribution >= 0.6 is 11.8 Å². The number of hydrogen-bond donors (Lipinski definition) is 0. The van der Waals surface area contributed by atoms with Gasteiger partial charge in [0.25, 0.3) is 0 Å². The molecular formula is C12H21NO4S. The molecule has 1 amide bonds. The first kappa shape index (κ1) is 15.3. The molecule has 1 unspecified atom stereocenters. The number of carbonyl (C=O) groups excluding carboxylic acids is 2. The number of unbranched alkanes of at least 4 members (excludes halogenated alkanes) is 1. The first-order valence-corrected chi connectivity index (χ1v) is 7.39. The molecule has 0 aromatic carbocycles. The summed E-state index contributed by atoms with van der Waals surface area (Å²) < 4.78 is 9.90. The molecule has 0 aliphatic carbocycles. The summed E-state index contributed by atoms with van der Waals surface area (Å²) in [5.74, 6) is 1.15. The monoisotopic (exact) mass is 275 g/mol. The Labute approximate surface area is 112 Å². The Morgan fingerprint density at radius 1 is 1.50 bits per heavy atom. The minimum Gasteiger partial charge on any atom is -0.467 e. The average Bonchev–Trinajstić information content (AvgIpc) is 2.42. The van der Waals surface area contributed by atoms with Crippen molar-refractivity contribution in [2.24, 2.45) is 0 Å². The second-order valence-corrected chi connectivity index (χ2v) is 5.23. The minimum absolute atomic E-state index is 0.0771. The normalized spacial score (nSPS) is 19.7. The fourth-order valence-corrected chi connectivity index (χ4v) is 2.64. The number of hydrogen-bond acceptors (Lipinski definition) is 5. The summed E-state index contributed by atoms with van der Waals surface area (Å²) >= 11 is 1.65. The molecule has 0 aromatic rings. The van der Waals surface area contributed by atoms with Crippen LogP contribution in [0.3, 0.4) is 0 Å². The molecule has 104 valence electrons. The lowest BCUT2D eigenvalue weighted by molar-refractivity contribution is -0.161. The van der Waals surface area contributed by atoms with E-state index < -0.39 is 12.1 Å². The first-order valence-electron chi connectivity index (χ1n) is 6.24. The van der Waals surface area contributed by atoms with Gasteiger partial charge in [-0.05, 0) is 12.2 Å². The van der Waals surface area contributed by atoms with Crippen LogP contribution in [-0.4, -0.2) is 61.2 Å². The Morgan fingerprint density at radius 3 is 2.94 bits per heavy atom. The Balaban J connectivity index is 2.31. The number of thioether (sulfide) groups is 1. The van der Waals surface area contributed by atoms with Crippen LogP contribution in [0.15, 0.2) is 0 Å². The number of methoxy groups -OCH3 is 1. The molecule has 0 N–H and O–H groups in total. The molecule has 1 rings (SSSR count). The van der Waals surface area contributed by atoms with Crippen LogP contribution in [0, 0.1) is 0 Å². The van der Waals surface area contributed by atoms with Gasteiger partial charge in [-0.25, -0.2) is 4.79 Å². The molecule has 1 saturated heterocycles. The third-order valence-electron chi connectivity index (χ3n) is 2.75. The van der Waals surface area contributed by atoms with Gasteiger partial charge in [-0.15, -0.1) is 0 Å². The maximum atomic E-state index is 11.9. The van der Waals surface area contributed by atoms with Gasteiger partial charge >= 0.3 is 5.97 Å². The van der Waals surface area contributed by atoms with Gasteiger partial charge in [-0.2, -0.15) is 11.8 Å². The van der Waals surface area contributed by atoms with Crippen LogP contribution in [0.1, 0.15) is 19.8 Å². The van der Waals surface area contributed by atoms with Gasteiger partial charge < -0.3 is 14.4 Å². The molecule has 0 saturated carbocycles. The lowest BCUT2D eigenvalue weighted by atomic mass is 10.2. The molecule has 1 aliphatic heterocycles. The summed E-state index contributed by atoms with van der Waals surface area (Å²) in [5, 5.41) is 0. The van der Waals surface area contributed by atoms with E-state index in [1.165, 1.54) is 7.11 Å². The number of rotatable bonds is 6. The molecule has 6 heteroatoms. The molecule has 0 radical (unpaired) electrons. The third kappa shape index (κ3) is 4.86. The molecule has 1 atom stereocenters. The van der Waals surface area contributed by atoms with Crippen molar-refractivity contribution in [1.82, 2.24) is 4.90 Å². The van der Waals surface area contributed by atoms with E-state index in [2.05, 4.69) is 11.7 Å². The van der Waals surface area contributed by atoms with Gasteiger partial charge in [-0.1, -0.05) is 13.3 Å². The van der Waals surface area contributed by atoms with E-state index in [0.717, 1.165) is 18.6 Å². The van der Waals surface area contributed by atoms with Gasteiger partial charge in [0.1, 0.15) is 0 Å². The molecule has 0 spiro atoms. The van der Waals surface area contributed by atoms with Crippen molar-refractivity contribution in [2.45, 2.75) is 25.9 Å². The highest BCUT2D eigenvalue weighted by molar-refractivity contribution is 7.99. The Hall–Kier alpha value is -0.750. The smallest absolute Gasteiger partial charge is 0.336 e. The van der Waals surface area contributed by atoms with Gasteiger partial charge in [-0.3, -0.25) is 4.79 Å². The fraction of sp³-hybridized carbons (Fsp3) is 0.833. The number of esters is 1. The maximum Gasteiger partial charge on any atom is 0.336 e. The zero-order valence-electron chi connectivity index (χ0n) is 11.0. The highest BCUT2D eigenvalue weighted by atomic mass is 32.2. The SMILES string of the molecule is CCCCSCC(=O)N1CCOC(C(=O)OC)C1. The van der Waals surface area contributed by atoms with Crippen molar-refractivity contribution in [3.05, 3.63) is 0 Å². The summed E-state index contributed by atoms with van der Waals surface area (Å²) in [7, 11) is 1.33. The van der Waals surface area contributed by atoms with Crippen LogP contribution in [0.25, 0.3) is 0 Å². The minimum atomic E-state index is -0.631. The number of ether oxygens (including phenoxy) is 2. The van der Waals surface area contributed by atoms with Gasteiger partial charge in [0.05, 0.1) is 26.0 Å². The number of carbonyl (C=O) groups is 2. The van der Waals surface area contributed by atoms with Crippen LogP contribution in [-0.2, 0) is 19.1 Å². The lowest BCUT2D eigenvalue weighted by Gasteiger charge is -2.31. The molecule has 1 heterocycles. The van der Waals surface area contributed by atoms with Crippen molar-refractivity contribution in [2.75, 3.05) is 38.3 Å². The lowest BCUT2D eigenvalue weighted by Crippen LogP contribution is -2.49. The van der Waals surface area contributed by atoms with E-state index in [1.54, 1.807) is 16.7 Å². The Kier molecular flexibility index (Phi) is 7.12. The largest absolute Gasteiger partial charge is 0.467 e. The molecule has 0 aromatic heterocycles. The number of amides is 1. The van der Waals surface area contributed by atoms with Gasteiger partial charge in [0.2, 0.25) is 5.91 Å². The van der Waals surface area contributed by atoms with E-state index in [4.69, 9.17) is 4.74 Å². The fourth-order valence-electron chi connectivity index (χ4n) is 1.65. The topological polar surface area (TPSA) is 55.8 Å². The summed E-state index contributed by atoms with van der Waals surface area (Å²) in [6.45, 7) is 3.39. The maximum absolute atomic E-state index is 11.9. The van der Waals surface area contributed by atoms with E-state index in [9.17, 15) is 9.59 Å². The van der Waals surface area contributed by atoms with Crippen molar-refractivity contribution in [3.8, 4) is 0 Å². The summed E-state index contributed by atoms with van der Waals surface area (Å²) in [6.07, 6.45) is 1.64. The zero-order valence-corrected chi connectivity index (χ0v) is 11.8. The van der Waals surface area contributed by atoms with Crippen molar-refractivity contribution in [3.63, 3.8) is 0 Å². The van der Waals surface area contributed by atoms with Crippen LogP contribution in [0.5, 0.6) is 0 Å². The first-order chi connectivity index (χ1) is 8.69. The van der Waals surface area contributed by atoms with E-state index in [1.807, 2.05) is 0 Å². The van der Waals surface area contributed by atoms with Gasteiger partial charge in [0.15, 0.2) is 6.10 Å². The van der Waals surface area contributed by atoms with Crippen LogP contribution in [0.2, 0.25) is 0 Å². The summed E-state index contributed by atoms with van der Waals surface area (Å²) in [6, 6.07) is 0. The molecule has 5 nitrogen and oxygen atoms in total. The van der Waals surface area contributed by atoms with Crippen molar-refractivity contribution >= 4 is 23.6 Å². The number of nitrogens with zero attached hydrogens (tertiary/aromatic N) is 1. The molecule has 0 bridgehead atoms. The van der Waals surface area contributed by atoms with E-state index in [-0.39, 0.29) is 5.91 Å². The zero-order chi connectivity index (χ0) is 13.4. The van der Waals surface area contributed by atoms with Gasteiger partial charge in [0, 0.05) is 6.54 Å². The van der Waals surface area contributed by atoms with Crippen LogP contribution in [0.4, 0.5) is 0 Å². The summed E-state index contributed by atoms with van der Waals surface area (Å²) in [4.78, 5) is 24.9. The molecule has 1 aliphatic rings. The van der Waals surface area contributed by atoms with E-state index >= 15 is 0 Å². The van der Waals surface area contributed by atoms with Crippen molar-refractivity contribution < 1.29 is 19.1 Å². The van der Waals surface area contributed by atoms with Crippen LogP contribution < -0.4 is 0 Å². The molecule has 1 fully saturated rings. The predicted octanol–water partition coefficient (Wildman–Crippen LogP) is 0.920. The quantitative estimate of drug-likeness (QED) is 0.533. The van der Waals surface area contributed by atoms with E-state index in [0.29, 0.717) is 25.4 Å². The second kappa shape index (κ2) is 8.37.